The molecule has 0 spiro atoms. The summed E-state index contributed by atoms with van der Waals surface area (Å²) in [4.78, 5) is 72.9. The van der Waals surface area contributed by atoms with E-state index in [1.165, 1.54) is 17.4 Å². The number of hydrogen-bond donors (Lipinski definition) is 0. The van der Waals surface area contributed by atoms with Crippen molar-refractivity contribution in [3.63, 3.8) is 0 Å². The largest absolute Gasteiger partial charge is 0.465 e. The maximum atomic E-state index is 12.8. The first-order chi connectivity index (χ1) is 20.6. The molecule has 0 unspecified atom stereocenters. The first-order valence-corrected chi connectivity index (χ1v) is 13.6. The normalized spacial score (nSPS) is 10.8. The van der Waals surface area contributed by atoms with Gasteiger partial charge in [0.2, 0.25) is 0 Å². The van der Waals surface area contributed by atoms with E-state index in [4.69, 9.17) is 23.7 Å². The van der Waals surface area contributed by atoms with Crippen LogP contribution in [-0.2, 0) is 42.9 Å². The fraction of sp³-hybridized carbons (Fsp3) is 0.226. The monoisotopic (exact) mass is 608 g/mol. The van der Waals surface area contributed by atoms with Gasteiger partial charge in [-0.3, -0.25) is 14.4 Å². The first-order valence-electron chi connectivity index (χ1n) is 12.8. The molecule has 12 heteroatoms. The van der Waals surface area contributed by atoms with Crippen molar-refractivity contribution in [2.24, 2.45) is 5.41 Å². The molecule has 0 saturated heterocycles. The maximum absolute atomic E-state index is 12.8. The predicted molar refractivity (Wildman–Crippen MR) is 157 cm³/mol. The second kappa shape index (κ2) is 15.2. The van der Waals surface area contributed by atoms with Crippen LogP contribution in [0.4, 0.5) is 0 Å². The third-order valence-corrected chi connectivity index (χ3v) is 7.05. The Morgan fingerprint density at radius 2 is 1.19 bits per heavy atom. The Balaban J connectivity index is 1.64. The number of esters is 5. The molecule has 1 aromatic heterocycles. The molecule has 3 aromatic rings. The highest BCUT2D eigenvalue weighted by Crippen LogP contribution is 2.28. The molecule has 2 aromatic carbocycles. The Morgan fingerprint density at radius 1 is 0.674 bits per heavy atom. The smallest absolute Gasteiger partial charge is 0.330 e. The van der Waals surface area contributed by atoms with E-state index < -0.39 is 61.7 Å². The molecule has 0 radical (unpaired) electrons. The number of ether oxygens (including phenoxy) is 5. The van der Waals surface area contributed by atoms with Crippen LogP contribution < -0.4 is 10.2 Å². The minimum absolute atomic E-state index is 0.126. The van der Waals surface area contributed by atoms with Crippen LogP contribution in [0.2, 0.25) is 0 Å². The van der Waals surface area contributed by atoms with E-state index in [1.807, 2.05) is 12.1 Å². The maximum Gasteiger partial charge on any atom is 0.330 e. The summed E-state index contributed by atoms with van der Waals surface area (Å²) in [5.41, 5.74) is -1.62. The summed E-state index contributed by atoms with van der Waals surface area (Å²) in [5, 5.41) is 1.09. The van der Waals surface area contributed by atoms with E-state index in [0.29, 0.717) is 15.5 Å². The van der Waals surface area contributed by atoms with Gasteiger partial charge in [0.05, 0.1) is 12.8 Å². The standard InChI is InChI=1S/C31H28O11S/c1-4-25(32)38-16-31(17-39-26(33)5-2,18-40-27(34)6-3)19-41-28(35)13-14-29(36)42-20-11-12-22-24(15-20)43-23-10-8-7-9-21(23)30(22)37/h4-12,15H,1-3,13-14,16-19H2. The molecule has 0 saturated carbocycles. The highest BCUT2D eigenvalue weighted by Gasteiger charge is 2.37. The van der Waals surface area contributed by atoms with E-state index in [2.05, 4.69) is 19.7 Å². The second-order valence-electron chi connectivity index (χ2n) is 9.16. The molecule has 0 fully saturated rings. The molecule has 0 bridgehead atoms. The summed E-state index contributed by atoms with van der Waals surface area (Å²) in [6.45, 7) is 7.93. The summed E-state index contributed by atoms with van der Waals surface area (Å²) in [5.74, 6) is -3.82. The summed E-state index contributed by atoms with van der Waals surface area (Å²) in [6.07, 6.45) is 1.95. The van der Waals surface area contributed by atoms with Crippen LogP contribution in [0.3, 0.4) is 0 Å². The zero-order valence-electron chi connectivity index (χ0n) is 23.0. The van der Waals surface area contributed by atoms with E-state index in [1.54, 1.807) is 24.3 Å². The van der Waals surface area contributed by atoms with Gasteiger partial charge in [0, 0.05) is 38.4 Å². The van der Waals surface area contributed by atoms with Gasteiger partial charge in [-0.15, -0.1) is 11.3 Å². The number of carbonyl (C=O) groups is 5. The average Bonchev–Trinajstić information content (AvgIpc) is 3.02. The van der Waals surface area contributed by atoms with Crippen molar-refractivity contribution in [2.45, 2.75) is 12.8 Å². The Labute approximate surface area is 249 Å². The highest BCUT2D eigenvalue weighted by atomic mass is 32.1. The molecule has 1 heterocycles. The van der Waals surface area contributed by atoms with E-state index in [-0.39, 0.29) is 24.0 Å². The van der Waals surface area contributed by atoms with Gasteiger partial charge in [-0.25, -0.2) is 14.4 Å². The van der Waals surface area contributed by atoms with Gasteiger partial charge in [0.25, 0.3) is 0 Å². The van der Waals surface area contributed by atoms with Gasteiger partial charge in [-0.2, -0.15) is 0 Å². The predicted octanol–water partition coefficient (Wildman–Crippen LogP) is 3.82. The Morgan fingerprint density at radius 3 is 1.77 bits per heavy atom. The zero-order chi connectivity index (χ0) is 31.4. The lowest BCUT2D eigenvalue weighted by molar-refractivity contribution is -0.166. The zero-order valence-corrected chi connectivity index (χ0v) is 23.9. The SMILES string of the molecule is C=CC(=O)OCC(COC(=O)C=C)(COC(=O)C=C)COC(=O)CCC(=O)Oc1ccc2c(=O)c3ccccc3sc2c1. The van der Waals surface area contributed by atoms with Crippen molar-refractivity contribution in [1.82, 2.24) is 0 Å². The fourth-order valence-electron chi connectivity index (χ4n) is 3.64. The molecule has 0 N–H and O–H groups in total. The van der Waals surface area contributed by atoms with Gasteiger partial charge in [0.15, 0.2) is 5.43 Å². The molecular weight excluding hydrogens is 580 g/mol. The van der Waals surface area contributed by atoms with Crippen LogP contribution in [0.1, 0.15) is 12.8 Å². The van der Waals surface area contributed by atoms with Crippen molar-refractivity contribution >= 4 is 61.4 Å². The number of benzene rings is 2. The lowest BCUT2D eigenvalue weighted by Gasteiger charge is -2.31. The number of carbonyl (C=O) groups excluding carboxylic acids is 5. The van der Waals surface area contributed by atoms with E-state index in [9.17, 15) is 28.8 Å². The molecule has 3 rings (SSSR count). The Bertz CT molecular complexity index is 1580. The lowest BCUT2D eigenvalue weighted by atomic mass is 9.92. The summed E-state index contributed by atoms with van der Waals surface area (Å²) >= 11 is 1.38. The minimum atomic E-state index is -1.50. The molecule has 0 aliphatic heterocycles. The summed E-state index contributed by atoms with van der Waals surface area (Å²) in [6, 6.07) is 11.8. The van der Waals surface area contributed by atoms with Crippen LogP contribution in [0.15, 0.2) is 85.2 Å². The Hall–Kier alpha value is -5.10. The van der Waals surface area contributed by atoms with Crippen molar-refractivity contribution in [3.05, 3.63) is 90.7 Å². The van der Waals surface area contributed by atoms with E-state index >= 15 is 0 Å². The van der Waals surface area contributed by atoms with Gasteiger partial charge in [-0.1, -0.05) is 31.9 Å². The second-order valence-corrected chi connectivity index (χ2v) is 10.2. The number of fused-ring (bicyclic) bond motifs is 2. The van der Waals surface area contributed by atoms with Gasteiger partial charge < -0.3 is 23.7 Å². The van der Waals surface area contributed by atoms with Crippen molar-refractivity contribution in [1.29, 1.82) is 0 Å². The van der Waals surface area contributed by atoms with Crippen molar-refractivity contribution < 1.29 is 47.7 Å². The molecular formula is C31H28O11S. The quantitative estimate of drug-likeness (QED) is 0.0815. The highest BCUT2D eigenvalue weighted by molar-refractivity contribution is 7.24. The van der Waals surface area contributed by atoms with Gasteiger partial charge in [-0.05, 0) is 30.3 Å². The summed E-state index contributed by atoms with van der Waals surface area (Å²) in [7, 11) is 0. The molecule has 0 amide bonds. The average molecular weight is 609 g/mol. The first kappa shape index (κ1) is 32.4. The number of rotatable bonds is 15. The summed E-state index contributed by atoms with van der Waals surface area (Å²) < 4.78 is 27.3. The molecule has 0 atom stereocenters. The molecule has 0 aliphatic rings. The number of hydrogen-bond acceptors (Lipinski definition) is 12. The minimum Gasteiger partial charge on any atom is -0.465 e. The van der Waals surface area contributed by atoms with Crippen LogP contribution >= 0.6 is 11.3 Å². The third-order valence-electron chi connectivity index (χ3n) is 5.92. The van der Waals surface area contributed by atoms with Gasteiger partial charge in [0.1, 0.15) is 37.6 Å². The van der Waals surface area contributed by atoms with Crippen LogP contribution in [-0.4, -0.2) is 56.3 Å². The van der Waals surface area contributed by atoms with Crippen molar-refractivity contribution in [3.8, 4) is 5.75 Å². The van der Waals surface area contributed by atoms with Crippen molar-refractivity contribution in [2.75, 3.05) is 26.4 Å². The van der Waals surface area contributed by atoms with E-state index in [0.717, 1.165) is 22.9 Å². The van der Waals surface area contributed by atoms with Crippen LogP contribution in [0.5, 0.6) is 5.75 Å². The van der Waals surface area contributed by atoms with Crippen LogP contribution in [0.25, 0.3) is 20.2 Å². The fourth-order valence-corrected chi connectivity index (χ4v) is 4.74. The van der Waals surface area contributed by atoms with Crippen LogP contribution in [0, 0.1) is 5.41 Å². The topological polar surface area (TPSA) is 149 Å². The molecule has 43 heavy (non-hydrogen) atoms. The molecule has 224 valence electrons. The third kappa shape index (κ3) is 9.20. The molecule has 0 aliphatic carbocycles. The Kier molecular flexibility index (Phi) is 11.5. The van der Waals surface area contributed by atoms with Gasteiger partial charge >= 0.3 is 29.8 Å². The molecule has 11 nitrogen and oxygen atoms in total. The lowest BCUT2D eigenvalue weighted by Crippen LogP contribution is -2.43.